The van der Waals surface area contributed by atoms with Crippen LogP contribution in [0.25, 0.3) is 10.1 Å². The van der Waals surface area contributed by atoms with Crippen molar-refractivity contribution in [2.75, 3.05) is 11.9 Å². The van der Waals surface area contributed by atoms with E-state index in [9.17, 15) is 0 Å². The van der Waals surface area contributed by atoms with Crippen LogP contribution in [0.1, 0.15) is 33.1 Å². The average molecular weight is 272 g/mol. The van der Waals surface area contributed by atoms with Crippen molar-refractivity contribution in [2.24, 2.45) is 5.41 Å². The van der Waals surface area contributed by atoms with Crippen LogP contribution in [0.5, 0.6) is 0 Å². The molecule has 2 rings (SSSR count). The minimum Gasteiger partial charge on any atom is -0.385 e. The maximum atomic E-state index is 8.94. The molecule has 0 saturated carbocycles. The van der Waals surface area contributed by atoms with Gasteiger partial charge in [0.1, 0.15) is 0 Å². The number of nitrogens with one attached hydrogen (secondary N) is 1. The zero-order valence-electron chi connectivity index (χ0n) is 11.6. The minimum absolute atomic E-state index is 0.185. The average Bonchev–Trinajstić information content (AvgIpc) is 2.85. The van der Waals surface area contributed by atoms with Crippen molar-refractivity contribution in [3.05, 3.63) is 29.6 Å². The van der Waals surface area contributed by atoms with Crippen molar-refractivity contribution in [1.29, 1.82) is 5.26 Å². The number of rotatable bonds is 6. The Bertz CT molecular complexity index is 578. The summed E-state index contributed by atoms with van der Waals surface area (Å²) in [7, 11) is 0. The second-order valence-corrected chi connectivity index (χ2v) is 6.50. The van der Waals surface area contributed by atoms with E-state index in [2.05, 4.69) is 41.0 Å². The van der Waals surface area contributed by atoms with Crippen LogP contribution in [0, 0.1) is 16.7 Å². The van der Waals surface area contributed by atoms with Gasteiger partial charge in [0.15, 0.2) is 0 Å². The molecule has 0 aliphatic carbocycles. The van der Waals surface area contributed by atoms with Crippen LogP contribution in [0.4, 0.5) is 5.69 Å². The van der Waals surface area contributed by atoms with Crippen molar-refractivity contribution >= 4 is 27.1 Å². The monoisotopic (exact) mass is 272 g/mol. The number of anilines is 1. The van der Waals surface area contributed by atoms with E-state index < -0.39 is 0 Å². The van der Waals surface area contributed by atoms with Crippen LogP contribution in [0.15, 0.2) is 29.6 Å². The lowest BCUT2D eigenvalue weighted by molar-refractivity contribution is 0.430. The van der Waals surface area contributed by atoms with Crippen LogP contribution in [0.2, 0.25) is 0 Å². The van der Waals surface area contributed by atoms with E-state index in [0.717, 1.165) is 25.8 Å². The molecule has 1 aromatic carbocycles. The van der Waals surface area contributed by atoms with Gasteiger partial charge in [-0.3, -0.25) is 0 Å². The highest BCUT2D eigenvalue weighted by Gasteiger charge is 2.15. The molecule has 0 fully saturated rings. The van der Waals surface area contributed by atoms with Crippen LogP contribution in [0.3, 0.4) is 0 Å². The van der Waals surface area contributed by atoms with Crippen molar-refractivity contribution in [2.45, 2.75) is 33.1 Å². The third kappa shape index (κ3) is 3.97. The van der Waals surface area contributed by atoms with Gasteiger partial charge in [-0.2, -0.15) is 5.26 Å². The predicted octanol–water partition coefficient (Wildman–Crippen LogP) is 5.03. The van der Waals surface area contributed by atoms with Gasteiger partial charge in [0.2, 0.25) is 0 Å². The van der Waals surface area contributed by atoms with E-state index >= 15 is 0 Å². The molecule has 0 aliphatic rings. The summed E-state index contributed by atoms with van der Waals surface area (Å²) in [4.78, 5) is 0. The summed E-state index contributed by atoms with van der Waals surface area (Å²) in [6, 6.07) is 11.0. The molecule has 2 nitrogen and oxygen atoms in total. The van der Waals surface area contributed by atoms with E-state index in [4.69, 9.17) is 5.26 Å². The molecule has 0 radical (unpaired) electrons. The third-order valence-electron chi connectivity index (χ3n) is 3.31. The number of nitrogens with zero attached hydrogens (tertiary/aromatic N) is 1. The lowest BCUT2D eigenvalue weighted by Gasteiger charge is -2.14. The summed E-state index contributed by atoms with van der Waals surface area (Å²) in [6.07, 6.45) is 3.16. The highest BCUT2D eigenvalue weighted by Crippen LogP contribution is 2.24. The number of unbranched alkanes of at least 4 members (excludes halogenated alkanes) is 1. The number of nitriles is 1. The van der Waals surface area contributed by atoms with Gasteiger partial charge in [-0.25, -0.2) is 0 Å². The maximum absolute atomic E-state index is 8.94. The zero-order valence-corrected chi connectivity index (χ0v) is 12.4. The fourth-order valence-electron chi connectivity index (χ4n) is 2.06. The molecule has 19 heavy (non-hydrogen) atoms. The summed E-state index contributed by atoms with van der Waals surface area (Å²) in [5.41, 5.74) is 1.00. The molecule has 0 saturated heterocycles. The number of fused-ring (bicyclic) bond motifs is 1. The fraction of sp³-hybridized carbons (Fsp3) is 0.438. The molecule has 1 N–H and O–H groups in total. The van der Waals surface area contributed by atoms with E-state index in [-0.39, 0.29) is 5.41 Å². The molecular formula is C16H20N2S. The van der Waals surface area contributed by atoms with Crippen molar-refractivity contribution in [1.82, 2.24) is 0 Å². The van der Waals surface area contributed by atoms with Gasteiger partial charge in [0.25, 0.3) is 0 Å². The molecule has 100 valence electrons. The molecule has 2 aromatic rings. The SMILES string of the molecule is CC(C)(C#N)CCCCNc1ccc2sccc2c1. The summed E-state index contributed by atoms with van der Waals surface area (Å²) in [6.45, 7) is 4.98. The largest absolute Gasteiger partial charge is 0.385 e. The summed E-state index contributed by atoms with van der Waals surface area (Å²) >= 11 is 1.77. The minimum atomic E-state index is -0.185. The Balaban J connectivity index is 1.75. The molecule has 0 aliphatic heterocycles. The first-order valence-corrected chi connectivity index (χ1v) is 7.61. The number of benzene rings is 1. The lowest BCUT2D eigenvalue weighted by Crippen LogP contribution is -2.09. The normalized spacial score (nSPS) is 11.4. The van der Waals surface area contributed by atoms with Gasteiger partial charge in [-0.05, 0) is 61.7 Å². The van der Waals surface area contributed by atoms with Gasteiger partial charge >= 0.3 is 0 Å². The quantitative estimate of drug-likeness (QED) is 0.748. The Kier molecular flexibility index (Phi) is 4.44. The smallest absolute Gasteiger partial charge is 0.0683 e. The Morgan fingerprint density at radius 1 is 1.26 bits per heavy atom. The summed E-state index contributed by atoms with van der Waals surface area (Å²) < 4.78 is 1.33. The summed E-state index contributed by atoms with van der Waals surface area (Å²) in [5, 5.41) is 15.8. The van der Waals surface area contributed by atoms with Gasteiger partial charge in [0, 0.05) is 16.9 Å². The molecule has 0 unspecified atom stereocenters. The van der Waals surface area contributed by atoms with Crippen LogP contribution >= 0.6 is 11.3 Å². The van der Waals surface area contributed by atoms with Crippen molar-refractivity contribution in [3.63, 3.8) is 0 Å². The third-order valence-corrected chi connectivity index (χ3v) is 4.21. The van der Waals surface area contributed by atoms with E-state index in [1.807, 2.05) is 13.8 Å². The Labute approximate surface area is 119 Å². The molecule has 3 heteroatoms. The predicted molar refractivity (Wildman–Crippen MR) is 83.6 cm³/mol. The first kappa shape index (κ1) is 13.9. The van der Waals surface area contributed by atoms with Crippen molar-refractivity contribution < 1.29 is 0 Å². The second kappa shape index (κ2) is 6.08. The van der Waals surface area contributed by atoms with E-state index in [0.29, 0.717) is 0 Å². The Morgan fingerprint density at radius 3 is 2.89 bits per heavy atom. The number of hydrogen-bond acceptors (Lipinski definition) is 3. The van der Waals surface area contributed by atoms with Crippen LogP contribution in [-0.4, -0.2) is 6.54 Å². The van der Waals surface area contributed by atoms with Gasteiger partial charge in [0.05, 0.1) is 11.5 Å². The molecule has 0 spiro atoms. The maximum Gasteiger partial charge on any atom is 0.0683 e. The van der Waals surface area contributed by atoms with E-state index in [1.54, 1.807) is 11.3 Å². The molecule has 1 aromatic heterocycles. The van der Waals surface area contributed by atoms with Gasteiger partial charge in [-0.1, -0.05) is 6.42 Å². The van der Waals surface area contributed by atoms with Crippen LogP contribution < -0.4 is 5.32 Å². The Morgan fingerprint density at radius 2 is 2.11 bits per heavy atom. The zero-order chi connectivity index (χ0) is 13.7. The highest BCUT2D eigenvalue weighted by molar-refractivity contribution is 7.17. The molecule has 0 amide bonds. The summed E-state index contributed by atoms with van der Waals surface area (Å²) in [5.74, 6) is 0. The second-order valence-electron chi connectivity index (χ2n) is 5.55. The topological polar surface area (TPSA) is 35.8 Å². The van der Waals surface area contributed by atoms with Crippen molar-refractivity contribution in [3.8, 4) is 6.07 Å². The Hall–Kier alpha value is -1.53. The first-order chi connectivity index (χ1) is 9.11. The van der Waals surface area contributed by atoms with Gasteiger partial charge < -0.3 is 5.32 Å². The van der Waals surface area contributed by atoms with E-state index in [1.165, 1.54) is 15.8 Å². The molecular weight excluding hydrogens is 252 g/mol. The number of hydrogen-bond donors (Lipinski definition) is 1. The fourth-order valence-corrected chi connectivity index (χ4v) is 2.83. The molecule has 1 heterocycles. The molecule has 0 bridgehead atoms. The standard InChI is InChI=1S/C16H20N2S/c1-16(2,12-17)8-3-4-9-18-14-5-6-15-13(11-14)7-10-19-15/h5-7,10-11,18H,3-4,8-9H2,1-2H3. The van der Waals surface area contributed by atoms with Crippen LogP contribution in [-0.2, 0) is 0 Å². The molecule has 0 atom stereocenters. The lowest BCUT2D eigenvalue weighted by atomic mass is 9.89. The first-order valence-electron chi connectivity index (χ1n) is 6.73. The highest BCUT2D eigenvalue weighted by atomic mass is 32.1. The number of thiophene rings is 1. The van der Waals surface area contributed by atoms with Gasteiger partial charge in [-0.15, -0.1) is 11.3 Å².